The van der Waals surface area contributed by atoms with E-state index in [1.807, 2.05) is 35.2 Å². The summed E-state index contributed by atoms with van der Waals surface area (Å²) in [6, 6.07) is 10.2. The van der Waals surface area contributed by atoms with Crippen LogP contribution in [0.5, 0.6) is 0 Å². The van der Waals surface area contributed by atoms with Crippen molar-refractivity contribution in [3.63, 3.8) is 0 Å². The molecule has 31 heavy (non-hydrogen) atoms. The van der Waals surface area contributed by atoms with Gasteiger partial charge in [0.2, 0.25) is 0 Å². The zero-order valence-corrected chi connectivity index (χ0v) is 20.0. The van der Waals surface area contributed by atoms with Crippen LogP contribution in [0.2, 0.25) is 0 Å². The molecule has 1 heterocycles. The van der Waals surface area contributed by atoms with Gasteiger partial charge in [-0.2, -0.15) is 0 Å². The summed E-state index contributed by atoms with van der Waals surface area (Å²) >= 11 is 0. The number of carbonyl (C=O) groups excluding carboxylic acids is 1. The minimum absolute atomic E-state index is 0.156. The molecule has 1 saturated heterocycles. The molecule has 1 aliphatic rings. The van der Waals surface area contributed by atoms with Crippen molar-refractivity contribution in [1.29, 1.82) is 0 Å². The fourth-order valence-corrected chi connectivity index (χ4v) is 4.43. The Labute approximate surface area is 191 Å². The van der Waals surface area contributed by atoms with Gasteiger partial charge in [0.05, 0.1) is 0 Å². The fraction of sp³-hybridized carbons (Fsp3) is 0.741. The van der Waals surface area contributed by atoms with E-state index in [4.69, 9.17) is 4.74 Å². The molecule has 1 aromatic carbocycles. The number of hydrogen-bond donors (Lipinski definition) is 1. The quantitative estimate of drug-likeness (QED) is 0.268. The topological polar surface area (TPSA) is 41.6 Å². The zero-order valence-electron chi connectivity index (χ0n) is 20.0. The minimum Gasteiger partial charge on any atom is -0.445 e. The number of rotatable bonds is 17. The highest BCUT2D eigenvalue weighted by Gasteiger charge is 2.27. The van der Waals surface area contributed by atoms with Crippen molar-refractivity contribution >= 4 is 6.09 Å². The van der Waals surface area contributed by atoms with E-state index in [0.29, 0.717) is 6.61 Å². The first kappa shape index (κ1) is 25.7. The first-order chi connectivity index (χ1) is 15.3. The summed E-state index contributed by atoms with van der Waals surface area (Å²) < 4.78 is 5.63. The van der Waals surface area contributed by atoms with Crippen LogP contribution in [0, 0.1) is 0 Å². The van der Waals surface area contributed by atoms with E-state index in [-0.39, 0.29) is 12.1 Å². The number of unbranched alkanes of at least 4 members (excludes halogenated alkanes) is 12. The molecule has 1 N–H and O–H groups in total. The SMILES string of the molecule is CCCCCCCCCCCCCCCN(C(=O)OCc1ccccc1)[C@@H]1CCNC1. The van der Waals surface area contributed by atoms with Crippen molar-refractivity contribution in [3.05, 3.63) is 35.9 Å². The Kier molecular flexibility index (Phi) is 14.1. The molecule has 0 saturated carbocycles. The maximum Gasteiger partial charge on any atom is 0.410 e. The van der Waals surface area contributed by atoms with Crippen LogP contribution in [0.3, 0.4) is 0 Å². The second kappa shape index (κ2) is 17.1. The number of hydrogen-bond acceptors (Lipinski definition) is 3. The number of carbonyl (C=O) groups is 1. The predicted molar refractivity (Wildman–Crippen MR) is 130 cm³/mol. The Morgan fingerprint density at radius 1 is 0.903 bits per heavy atom. The molecule has 0 unspecified atom stereocenters. The van der Waals surface area contributed by atoms with Crippen molar-refractivity contribution in [2.75, 3.05) is 19.6 Å². The van der Waals surface area contributed by atoms with E-state index in [9.17, 15) is 4.79 Å². The lowest BCUT2D eigenvalue weighted by Crippen LogP contribution is -2.42. The summed E-state index contributed by atoms with van der Waals surface area (Å²) in [7, 11) is 0. The molecule has 176 valence electrons. The Hall–Kier alpha value is -1.55. The van der Waals surface area contributed by atoms with Gasteiger partial charge in [0.25, 0.3) is 0 Å². The lowest BCUT2D eigenvalue weighted by Gasteiger charge is -2.27. The third kappa shape index (κ3) is 11.6. The number of nitrogens with one attached hydrogen (secondary N) is 1. The number of amides is 1. The van der Waals surface area contributed by atoms with Gasteiger partial charge in [-0.05, 0) is 24.9 Å². The third-order valence-corrected chi connectivity index (χ3v) is 6.42. The van der Waals surface area contributed by atoms with Crippen molar-refractivity contribution in [3.8, 4) is 0 Å². The molecule has 1 aliphatic heterocycles. The van der Waals surface area contributed by atoms with E-state index in [1.54, 1.807) is 0 Å². The van der Waals surface area contributed by atoms with Crippen LogP contribution in [0.15, 0.2) is 30.3 Å². The lowest BCUT2D eigenvalue weighted by atomic mass is 10.0. The second-order valence-corrected chi connectivity index (χ2v) is 9.12. The highest BCUT2D eigenvalue weighted by atomic mass is 16.6. The molecule has 1 amide bonds. The van der Waals surface area contributed by atoms with Crippen LogP contribution in [-0.4, -0.2) is 36.7 Å². The summed E-state index contributed by atoms with van der Waals surface area (Å²) in [6.07, 6.45) is 18.4. The second-order valence-electron chi connectivity index (χ2n) is 9.12. The van der Waals surface area contributed by atoms with Crippen molar-refractivity contribution in [2.24, 2.45) is 0 Å². The average molecular weight is 431 g/mol. The van der Waals surface area contributed by atoms with Crippen LogP contribution in [0.4, 0.5) is 4.79 Å². The van der Waals surface area contributed by atoms with Gasteiger partial charge in [0.15, 0.2) is 0 Å². The molecule has 4 heteroatoms. The van der Waals surface area contributed by atoms with Gasteiger partial charge in [-0.25, -0.2) is 4.79 Å². The highest BCUT2D eigenvalue weighted by Crippen LogP contribution is 2.16. The summed E-state index contributed by atoms with van der Waals surface area (Å²) in [6.45, 7) is 5.33. The van der Waals surface area contributed by atoms with Crippen LogP contribution in [0.25, 0.3) is 0 Å². The van der Waals surface area contributed by atoms with Gasteiger partial charge in [-0.15, -0.1) is 0 Å². The van der Waals surface area contributed by atoms with Gasteiger partial charge in [-0.3, -0.25) is 0 Å². The number of benzene rings is 1. The summed E-state index contributed by atoms with van der Waals surface area (Å²) in [4.78, 5) is 14.7. The molecule has 1 aromatic rings. The monoisotopic (exact) mass is 430 g/mol. The molecule has 1 atom stereocenters. The van der Waals surface area contributed by atoms with E-state index >= 15 is 0 Å². The standard InChI is InChI=1S/C27H46N2O2/c1-2-3-4-5-6-7-8-9-10-11-12-13-17-22-29(26-20-21-28-23-26)27(30)31-24-25-18-15-14-16-19-25/h14-16,18-19,26,28H,2-13,17,20-24H2,1H3/t26-/m1/s1. The minimum atomic E-state index is -0.156. The highest BCUT2D eigenvalue weighted by molar-refractivity contribution is 5.68. The first-order valence-electron chi connectivity index (χ1n) is 13.0. The lowest BCUT2D eigenvalue weighted by molar-refractivity contribution is 0.0823. The predicted octanol–water partition coefficient (Wildman–Crippen LogP) is 7.08. The maximum absolute atomic E-state index is 12.7. The molecule has 0 aromatic heterocycles. The Bertz CT molecular complexity index is 558. The van der Waals surface area contributed by atoms with Gasteiger partial charge >= 0.3 is 6.09 Å². The summed E-state index contributed by atoms with van der Waals surface area (Å²) in [5.41, 5.74) is 1.04. The fourth-order valence-electron chi connectivity index (χ4n) is 4.43. The summed E-state index contributed by atoms with van der Waals surface area (Å²) in [5.74, 6) is 0. The molecule has 4 nitrogen and oxygen atoms in total. The molecule has 0 bridgehead atoms. The smallest absolute Gasteiger partial charge is 0.410 e. The Balaban J connectivity index is 1.53. The van der Waals surface area contributed by atoms with Crippen LogP contribution >= 0.6 is 0 Å². The van der Waals surface area contributed by atoms with Crippen LogP contribution in [0.1, 0.15) is 102 Å². The average Bonchev–Trinajstić information content (AvgIpc) is 3.33. The van der Waals surface area contributed by atoms with Gasteiger partial charge in [0.1, 0.15) is 6.61 Å². The van der Waals surface area contributed by atoms with E-state index in [0.717, 1.165) is 38.0 Å². The molecule has 0 radical (unpaired) electrons. The normalized spacial score (nSPS) is 15.8. The summed E-state index contributed by atoms with van der Waals surface area (Å²) in [5, 5.41) is 3.38. The van der Waals surface area contributed by atoms with Gasteiger partial charge < -0.3 is 15.0 Å². The Morgan fingerprint density at radius 2 is 1.48 bits per heavy atom. The molecule has 0 spiro atoms. The maximum atomic E-state index is 12.7. The molecule has 1 fully saturated rings. The largest absolute Gasteiger partial charge is 0.445 e. The van der Waals surface area contributed by atoms with Crippen LogP contribution in [-0.2, 0) is 11.3 Å². The molecule has 0 aliphatic carbocycles. The molecular weight excluding hydrogens is 384 g/mol. The van der Waals surface area contributed by atoms with E-state index in [2.05, 4.69) is 12.2 Å². The van der Waals surface area contributed by atoms with Gasteiger partial charge in [-0.1, -0.05) is 114 Å². The van der Waals surface area contributed by atoms with Crippen molar-refractivity contribution in [1.82, 2.24) is 10.2 Å². The van der Waals surface area contributed by atoms with Gasteiger partial charge in [0, 0.05) is 19.1 Å². The molecule has 2 rings (SSSR count). The van der Waals surface area contributed by atoms with Crippen LogP contribution < -0.4 is 5.32 Å². The first-order valence-corrected chi connectivity index (χ1v) is 13.0. The molecular formula is C27H46N2O2. The van der Waals surface area contributed by atoms with Crippen molar-refractivity contribution in [2.45, 2.75) is 109 Å². The van der Waals surface area contributed by atoms with E-state index < -0.39 is 0 Å². The number of ether oxygens (including phenoxy) is 1. The number of nitrogens with zero attached hydrogens (tertiary/aromatic N) is 1. The van der Waals surface area contributed by atoms with E-state index in [1.165, 1.54) is 77.0 Å². The zero-order chi connectivity index (χ0) is 22.0. The third-order valence-electron chi connectivity index (χ3n) is 6.42. The Morgan fingerprint density at radius 3 is 2.03 bits per heavy atom. The van der Waals surface area contributed by atoms with Crippen molar-refractivity contribution < 1.29 is 9.53 Å².